The van der Waals surface area contributed by atoms with E-state index in [9.17, 15) is 67.7 Å². The smallest absolute Gasteiger partial charge is 0.326 e. The maximum absolute atomic E-state index is 14.4. The number of carbonyl (C=O) groups is 12. The molecule has 29 nitrogen and oxygen atoms in total. The first-order valence-electron chi connectivity index (χ1n) is 27.5. The minimum atomic E-state index is -1.79. The number of amides is 11. The van der Waals surface area contributed by atoms with Gasteiger partial charge in [-0.05, 0) is 98.4 Å². The van der Waals surface area contributed by atoms with Crippen molar-refractivity contribution in [3.05, 3.63) is 35.9 Å². The predicted octanol–water partition coefficient (Wildman–Crippen LogP) is -3.85. The van der Waals surface area contributed by atoms with E-state index in [-0.39, 0.29) is 56.9 Å². The van der Waals surface area contributed by atoms with Gasteiger partial charge in [0.1, 0.15) is 54.4 Å². The van der Waals surface area contributed by atoms with Crippen LogP contribution in [0.15, 0.2) is 35.3 Å². The van der Waals surface area contributed by atoms with Crippen LogP contribution in [0.5, 0.6) is 0 Å². The quantitative estimate of drug-likeness (QED) is 0.0169. The Morgan fingerprint density at radius 1 is 0.506 bits per heavy atom. The van der Waals surface area contributed by atoms with Gasteiger partial charge in [-0.25, -0.2) is 4.79 Å². The van der Waals surface area contributed by atoms with Crippen LogP contribution < -0.4 is 76.5 Å². The number of nitrogens with one attached hydrogen (secondary N) is 9. The molecule has 1 rings (SSSR count). The molecule has 0 saturated carbocycles. The van der Waals surface area contributed by atoms with Gasteiger partial charge in [0, 0.05) is 19.4 Å². The lowest BCUT2D eigenvalue weighted by Gasteiger charge is -2.29. The molecule has 0 fully saturated rings. The zero-order valence-corrected chi connectivity index (χ0v) is 51.7. The van der Waals surface area contributed by atoms with E-state index < -0.39 is 163 Å². The zero-order valence-electron chi connectivity index (χ0n) is 49.3. The molecule has 1 aromatic carbocycles. The van der Waals surface area contributed by atoms with Gasteiger partial charge in [0.2, 0.25) is 65.0 Å². The Kier molecular flexibility index (Phi) is 36.9. The number of aliphatic carboxylic acids is 1. The molecule has 0 aliphatic carbocycles. The number of carboxylic acids is 1. The molecule has 0 heterocycles. The number of carbonyl (C=O) groups excluding carboxylic acids is 11. The number of hydrogen-bond donors (Lipinski definition) is 16. The van der Waals surface area contributed by atoms with Gasteiger partial charge in [-0.3, -0.25) is 57.7 Å². The van der Waals surface area contributed by atoms with Gasteiger partial charge in [-0.1, -0.05) is 58.0 Å². The van der Waals surface area contributed by atoms with Gasteiger partial charge in [-0.2, -0.15) is 35.3 Å². The third kappa shape index (κ3) is 30.7. The number of aliphatic imine (C=N–C) groups is 1. The number of thioether (sulfide) groups is 3. The van der Waals surface area contributed by atoms with Gasteiger partial charge < -0.3 is 86.7 Å². The van der Waals surface area contributed by atoms with Crippen LogP contribution in [-0.2, 0) is 64.0 Å². The molecule has 0 aliphatic rings. The summed E-state index contributed by atoms with van der Waals surface area (Å²) in [6.45, 7) is 6.02. The molecule has 0 aromatic heterocycles. The minimum Gasteiger partial charge on any atom is -0.480 e. The van der Waals surface area contributed by atoms with Crippen molar-refractivity contribution >= 4 is 112 Å². The highest BCUT2D eigenvalue weighted by Gasteiger charge is 2.37. The van der Waals surface area contributed by atoms with Crippen LogP contribution in [0.2, 0.25) is 0 Å². The van der Waals surface area contributed by atoms with Gasteiger partial charge in [0.15, 0.2) is 5.96 Å². The van der Waals surface area contributed by atoms with Crippen LogP contribution in [0.3, 0.4) is 0 Å². The average Bonchev–Trinajstić information content (AvgIpc) is 3.61. The fourth-order valence-electron chi connectivity index (χ4n) is 8.04. The second-order valence-electron chi connectivity index (χ2n) is 20.6. The number of nitrogens with zero attached hydrogens (tertiary/aromatic N) is 1. The van der Waals surface area contributed by atoms with Gasteiger partial charge in [0.05, 0.1) is 19.1 Å². The number of benzene rings is 1. The Labute approximate surface area is 508 Å². The predicted molar refractivity (Wildman–Crippen MR) is 326 cm³/mol. The molecule has 478 valence electrons. The van der Waals surface area contributed by atoms with E-state index in [1.807, 2.05) is 0 Å². The van der Waals surface area contributed by atoms with Crippen LogP contribution in [0.1, 0.15) is 91.0 Å². The van der Waals surface area contributed by atoms with E-state index in [0.717, 1.165) is 0 Å². The first-order chi connectivity index (χ1) is 40.1. The fraction of sp³-hybridized carbons (Fsp3) is 0.642. The number of carboxylic acid groups (broad SMARTS) is 1. The number of guanidine groups is 1. The number of nitrogens with two attached hydrogens (primary N) is 5. The minimum absolute atomic E-state index is 0.0116. The van der Waals surface area contributed by atoms with Crippen molar-refractivity contribution in [1.82, 2.24) is 47.9 Å². The third-order valence-corrected chi connectivity index (χ3v) is 14.6. The number of primary amides is 2. The van der Waals surface area contributed by atoms with E-state index in [4.69, 9.17) is 28.7 Å². The standard InChI is InChI=1S/C53H89N15O14S3/c1-28(2)24-38(52(81)82)66-44(73)32(15-16-40(55)70)60-49(78)37(26-41(56)71)64-48(77)36(25-30-12-9-8-10-13-30)65-51(80)42(29(3)4)68-47(76)35(19-23-85-7)62-45(74)33(17-21-83-5)61-46(75)34(18-22-84-6)63-50(79)39(27-69)67-43(72)31(54)14-11-20-59-53(57)58/h8-10,12-13,28-29,31-39,42,69H,11,14-27,54H2,1-7H3,(H2,55,70)(H2,56,71)(H,60,78)(H,61,75)(H,62,74)(H,63,79)(H,64,77)(H,65,80)(H,66,73)(H,67,72)(H,68,76)(H,81,82)(H4,57,58,59)/t31-,32-,33-,34-,35-,36-,37-,38-,39-,42-/m0/s1. The Hall–Kier alpha value is -6.90. The zero-order chi connectivity index (χ0) is 64.3. The molecule has 0 bridgehead atoms. The molecule has 0 unspecified atom stereocenters. The largest absolute Gasteiger partial charge is 0.480 e. The molecule has 21 N–H and O–H groups in total. The van der Waals surface area contributed by atoms with Crippen molar-refractivity contribution in [2.24, 2.45) is 45.5 Å². The van der Waals surface area contributed by atoms with Crippen LogP contribution in [0.25, 0.3) is 0 Å². The lowest BCUT2D eigenvalue weighted by atomic mass is 10.00. The summed E-state index contributed by atoms with van der Waals surface area (Å²) in [5, 5.41) is 42.6. The van der Waals surface area contributed by atoms with E-state index in [0.29, 0.717) is 29.2 Å². The highest BCUT2D eigenvalue weighted by atomic mass is 32.2. The van der Waals surface area contributed by atoms with E-state index in [1.165, 1.54) is 35.3 Å². The second-order valence-corrected chi connectivity index (χ2v) is 23.6. The van der Waals surface area contributed by atoms with Crippen molar-refractivity contribution in [3.8, 4) is 0 Å². The molecular formula is C53H89N15O14S3. The van der Waals surface area contributed by atoms with Crippen molar-refractivity contribution in [1.29, 1.82) is 0 Å². The van der Waals surface area contributed by atoms with Crippen molar-refractivity contribution in [2.75, 3.05) is 49.2 Å². The maximum Gasteiger partial charge on any atom is 0.326 e. The van der Waals surface area contributed by atoms with Gasteiger partial charge in [0.25, 0.3) is 0 Å². The molecule has 0 aliphatic heterocycles. The fourth-order valence-corrected chi connectivity index (χ4v) is 9.45. The molecule has 85 heavy (non-hydrogen) atoms. The monoisotopic (exact) mass is 1260 g/mol. The van der Waals surface area contributed by atoms with Crippen LogP contribution in [-0.4, -0.2) is 197 Å². The summed E-state index contributed by atoms with van der Waals surface area (Å²) in [5.41, 5.74) is 28.0. The highest BCUT2D eigenvalue weighted by Crippen LogP contribution is 2.13. The molecule has 10 atom stereocenters. The normalized spacial score (nSPS) is 14.6. The summed E-state index contributed by atoms with van der Waals surface area (Å²) in [6.07, 6.45) is 4.13. The Bertz CT molecular complexity index is 2410. The SMILES string of the molecule is CSCC[C@H](NC(=O)[C@H](CCSC)NC(=O)[C@H](CO)NC(=O)[C@@H](N)CCCN=C(N)N)C(=O)N[C@@H](CCSC)C(=O)N[C@H](C(=O)N[C@@H](Cc1ccccc1)C(=O)N[C@@H](CC(N)=O)C(=O)N[C@@H](CCC(N)=O)C(=O)N[C@@H](CC(C)C)C(=O)O)C(C)C. The topological polar surface area (TPSA) is 496 Å². The second kappa shape index (κ2) is 41.2. The lowest BCUT2D eigenvalue weighted by Crippen LogP contribution is -2.61. The van der Waals surface area contributed by atoms with Gasteiger partial charge in [-0.15, -0.1) is 0 Å². The Balaban J connectivity index is 3.52. The molecule has 0 radical (unpaired) electrons. The molecule has 1 aromatic rings. The number of aliphatic hydroxyl groups excluding tert-OH is 1. The number of hydrogen-bond acceptors (Lipinski definition) is 18. The summed E-state index contributed by atoms with van der Waals surface area (Å²) in [4.78, 5) is 165. The molecule has 32 heteroatoms. The summed E-state index contributed by atoms with van der Waals surface area (Å²) in [5.74, 6) is -11.2. The Morgan fingerprint density at radius 2 is 0.918 bits per heavy atom. The van der Waals surface area contributed by atoms with E-state index >= 15 is 0 Å². The molecular weight excluding hydrogens is 1170 g/mol. The summed E-state index contributed by atoms with van der Waals surface area (Å²) in [6, 6.07) is -5.71. The maximum atomic E-state index is 14.4. The average molecular weight is 1260 g/mol. The first-order valence-corrected chi connectivity index (χ1v) is 31.7. The summed E-state index contributed by atoms with van der Waals surface area (Å²) < 4.78 is 0. The number of aliphatic hydroxyl groups is 1. The van der Waals surface area contributed by atoms with Crippen molar-refractivity contribution < 1.29 is 67.7 Å². The van der Waals surface area contributed by atoms with Crippen LogP contribution >= 0.6 is 35.3 Å². The van der Waals surface area contributed by atoms with Crippen LogP contribution in [0, 0.1) is 11.8 Å². The summed E-state index contributed by atoms with van der Waals surface area (Å²) in [7, 11) is 0. The first kappa shape index (κ1) is 76.1. The third-order valence-electron chi connectivity index (χ3n) is 12.7. The van der Waals surface area contributed by atoms with Crippen LogP contribution in [0.4, 0.5) is 0 Å². The summed E-state index contributed by atoms with van der Waals surface area (Å²) >= 11 is 4.08. The van der Waals surface area contributed by atoms with Crippen molar-refractivity contribution in [2.45, 2.75) is 152 Å². The molecule has 0 spiro atoms. The molecule has 11 amide bonds. The molecule has 0 saturated heterocycles. The van der Waals surface area contributed by atoms with E-state index in [1.54, 1.807) is 76.8 Å². The van der Waals surface area contributed by atoms with Gasteiger partial charge >= 0.3 is 5.97 Å². The lowest BCUT2D eigenvalue weighted by molar-refractivity contribution is -0.143. The highest BCUT2D eigenvalue weighted by molar-refractivity contribution is 7.99. The van der Waals surface area contributed by atoms with Crippen molar-refractivity contribution in [3.63, 3.8) is 0 Å². The van der Waals surface area contributed by atoms with E-state index in [2.05, 4.69) is 52.8 Å². The number of rotatable bonds is 43. The Morgan fingerprint density at radius 3 is 1.34 bits per heavy atom.